The first kappa shape index (κ1) is 15.4. The third kappa shape index (κ3) is 5.52. The van der Waals surface area contributed by atoms with Gasteiger partial charge in [0.25, 0.3) is 0 Å². The van der Waals surface area contributed by atoms with E-state index in [2.05, 4.69) is 38.6 Å². The van der Waals surface area contributed by atoms with Gasteiger partial charge in [0.2, 0.25) is 5.91 Å². The lowest BCUT2D eigenvalue weighted by Gasteiger charge is -2.01. The largest absolute Gasteiger partial charge is 0.273 e. The highest BCUT2D eigenvalue weighted by Crippen LogP contribution is 2.13. The molecule has 0 saturated heterocycles. The maximum absolute atomic E-state index is 11.7. The van der Waals surface area contributed by atoms with E-state index >= 15 is 0 Å². The van der Waals surface area contributed by atoms with Crippen molar-refractivity contribution < 1.29 is 4.79 Å². The third-order valence-corrected chi connectivity index (χ3v) is 3.73. The van der Waals surface area contributed by atoms with Gasteiger partial charge in [0.05, 0.1) is 6.21 Å². The molecule has 21 heavy (non-hydrogen) atoms. The molecule has 0 atom stereocenters. The summed E-state index contributed by atoms with van der Waals surface area (Å²) >= 11 is 3.43. The van der Waals surface area contributed by atoms with E-state index in [9.17, 15) is 4.79 Å². The molecule has 3 nitrogen and oxygen atoms in total. The zero-order chi connectivity index (χ0) is 14.9. The number of carbonyl (C=O) groups is 1. The molecular weight excluding hydrogens is 328 g/mol. The maximum atomic E-state index is 11.7. The van der Waals surface area contributed by atoms with Crippen LogP contribution in [0.4, 0.5) is 0 Å². The van der Waals surface area contributed by atoms with E-state index in [0.717, 1.165) is 22.9 Å². The number of benzene rings is 2. The van der Waals surface area contributed by atoms with Crippen molar-refractivity contribution in [3.8, 4) is 0 Å². The number of hydrogen-bond donors (Lipinski definition) is 1. The summed E-state index contributed by atoms with van der Waals surface area (Å²) < 4.78 is 0.951. The van der Waals surface area contributed by atoms with Crippen LogP contribution in [0.5, 0.6) is 0 Å². The van der Waals surface area contributed by atoms with Crippen LogP contribution in [0.1, 0.15) is 24.0 Å². The second-order valence-corrected chi connectivity index (χ2v) is 5.51. The molecule has 0 unspecified atom stereocenters. The average molecular weight is 345 g/mol. The molecule has 0 aliphatic carbocycles. The molecule has 0 heterocycles. The van der Waals surface area contributed by atoms with Crippen LogP contribution in [0.2, 0.25) is 0 Å². The number of amides is 1. The quantitative estimate of drug-likeness (QED) is 0.626. The first-order valence-electron chi connectivity index (χ1n) is 6.86. The van der Waals surface area contributed by atoms with Crippen LogP contribution in [-0.4, -0.2) is 12.1 Å². The van der Waals surface area contributed by atoms with Gasteiger partial charge >= 0.3 is 0 Å². The second-order valence-electron chi connectivity index (χ2n) is 4.65. The van der Waals surface area contributed by atoms with Gasteiger partial charge in [-0.3, -0.25) is 4.79 Å². The number of halogens is 1. The van der Waals surface area contributed by atoms with Crippen LogP contribution in [0.25, 0.3) is 0 Å². The molecule has 0 spiro atoms. The number of nitrogens with zero attached hydrogens (tertiary/aromatic N) is 1. The number of carbonyl (C=O) groups excluding carboxylic acids is 1. The fourth-order valence-electron chi connectivity index (χ4n) is 1.91. The fraction of sp³-hybridized carbons (Fsp3) is 0.176. The molecule has 2 aromatic rings. The summed E-state index contributed by atoms with van der Waals surface area (Å²) in [6.45, 7) is 0. The molecule has 108 valence electrons. The minimum absolute atomic E-state index is 0.0609. The molecule has 0 aliphatic rings. The molecule has 0 fully saturated rings. The Morgan fingerprint density at radius 1 is 1.10 bits per heavy atom. The van der Waals surface area contributed by atoms with Gasteiger partial charge < -0.3 is 0 Å². The summed E-state index contributed by atoms with van der Waals surface area (Å²) in [5.74, 6) is -0.0609. The molecular formula is C17H17BrN2O. The van der Waals surface area contributed by atoms with Gasteiger partial charge in [-0.2, -0.15) is 5.10 Å². The van der Waals surface area contributed by atoms with Crippen LogP contribution in [0.15, 0.2) is 64.2 Å². The van der Waals surface area contributed by atoms with Crippen molar-refractivity contribution >= 4 is 28.1 Å². The van der Waals surface area contributed by atoms with Crippen molar-refractivity contribution in [3.63, 3.8) is 0 Å². The third-order valence-electron chi connectivity index (χ3n) is 3.01. The lowest BCUT2D eigenvalue weighted by atomic mass is 10.1. The van der Waals surface area contributed by atoms with Crippen molar-refractivity contribution in [2.24, 2.45) is 5.10 Å². The highest BCUT2D eigenvalue weighted by Gasteiger charge is 2.00. The first-order chi connectivity index (χ1) is 10.3. The Hall–Kier alpha value is -1.94. The summed E-state index contributed by atoms with van der Waals surface area (Å²) in [5.41, 5.74) is 4.74. The monoisotopic (exact) mass is 344 g/mol. The fourth-order valence-corrected chi connectivity index (χ4v) is 2.29. The van der Waals surface area contributed by atoms with Crippen molar-refractivity contribution in [2.75, 3.05) is 0 Å². The van der Waals surface area contributed by atoms with Gasteiger partial charge in [-0.1, -0.05) is 64.5 Å². The van der Waals surface area contributed by atoms with E-state index in [1.807, 2.05) is 42.5 Å². The van der Waals surface area contributed by atoms with E-state index in [4.69, 9.17) is 0 Å². The number of hydrazone groups is 1. The number of nitrogens with one attached hydrogen (secondary N) is 1. The minimum Gasteiger partial charge on any atom is -0.273 e. The Bertz CT molecular complexity index is 611. The molecule has 2 rings (SSSR count). The number of hydrogen-bond acceptors (Lipinski definition) is 2. The number of rotatable bonds is 6. The molecule has 0 radical (unpaired) electrons. The van der Waals surface area contributed by atoms with Crippen molar-refractivity contribution in [2.45, 2.75) is 19.3 Å². The molecule has 1 amide bonds. The molecule has 1 N–H and O–H groups in total. The smallest absolute Gasteiger partial charge is 0.240 e. The minimum atomic E-state index is -0.0609. The molecule has 0 aliphatic heterocycles. The van der Waals surface area contributed by atoms with E-state index < -0.39 is 0 Å². The molecule has 0 aromatic heterocycles. The first-order valence-corrected chi connectivity index (χ1v) is 7.65. The van der Waals surface area contributed by atoms with E-state index in [0.29, 0.717) is 6.42 Å². The Kier molecular flexibility index (Phi) is 6.16. The van der Waals surface area contributed by atoms with E-state index in [-0.39, 0.29) is 5.91 Å². The van der Waals surface area contributed by atoms with E-state index in [1.54, 1.807) is 6.21 Å². The molecule has 2 aromatic carbocycles. The van der Waals surface area contributed by atoms with Gasteiger partial charge in [-0.25, -0.2) is 5.43 Å². The average Bonchev–Trinajstić information content (AvgIpc) is 2.50. The van der Waals surface area contributed by atoms with Gasteiger partial charge in [0.15, 0.2) is 0 Å². The lowest BCUT2D eigenvalue weighted by molar-refractivity contribution is -0.121. The maximum Gasteiger partial charge on any atom is 0.240 e. The molecule has 0 bridgehead atoms. The summed E-state index contributed by atoms with van der Waals surface area (Å²) in [7, 11) is 0. The van der Waals surface area contributed by atoms with Gasteiger partial charge in [0.1, 0.15) is 0 Å². The van der Waals surface area contributed by atoms with Crippen LogP contribution in [0.3, 0.4) is 0 Å². The zero-order valence-electron chi connectivity index (χ0n) is 11.6. The van der Waals surface area contributed by atoms with Gasteiger partial charge in [0, 0.05) is 16.5 Å². The Labute approximate surface area is 133 Å². The Balaban J connectivity index is 1.71. The summed E-state index contributed by atoms with van der Waals surface area (Å²) in [5, 5.41) is 3.97. The van der Waals surface area contributed by atoms with Gasteiger partial charge in [-0.15, -0.1) is 0 Å². The van der Waals surface area contributed by atoms with Crippen LogP contribution in [0, 0.1) is 0 Å². The van der Waals surface area contributed by atoms with Crippen molar-refractivity contribution in [1.82, 2.24) is 5.43 Å². The SMILES string of the molecule is O=C(CCCc1ccccc1)NN=Cc1ccccc1Br. The zero-order valence-corrected chi connectivity index (χ0v) is 13.2. The van der Waals surface area contributed by atoms with Crippen LogP contribution in [-0.2, 0) is 11.2 Å². The van der Waals surface area contributed by atoms with Crippen LogP contribution >= 0.6 is 15.9 Å². The molecule has 4 heteroatoms. The van der Waals surface area contributed by atoms with E-state index in [1.165, 1.54) is 5.56 Å². The number of aryl methyl sites for hydroxylation is 1. The Morgan fingerprint density at radius 3 is 2.57 bits per heavy atom. The predicted molar refractivity (Wildman–Crippen MR) is 89.3 cm³/mol. The van der Waals surface area contributed by atoms with Crippen molar-refractivity contribution in [3.05, 3.63) is 70.2 Å². The topological polar surface area (TPSA) is 41.5 Å². The standard InChI is InChI=1S/C17H17BrN2O/c18-16-11-5-4-10-15(16)13-19-20-17(21)12-6-9-14-7-2-1-3-8-14/h1-5,7-8,10-11,13H,6,9,12H2,(H,20,21). The normalized spacial score (nSPS) is 10.7. The summed E-state index contributed by atoms with van der Waals surface area (Å²) in [6.07, 6.45) is 3.84. The Morgan fingerprint density at radius 2 is 1.81 bits per heavy atom. The summed E-state index contributed by atoms with van der Waals surface area (Å²) in [6, 6.07) is 17.9. The molecule has 0 saturated carbocycles. The van der Waals surface area contributed by atoms with Crippen LogP contribution < -0.4 is 5.43 Å². The second kappa shape index (κ2) is 8.37. The van der Waals surface area contributed by atoms with Crippen molar-refractivity contribution in [1.29, 1.82) is 0 Å². The van der Waals surface area contributed by atoms with Gasteiger partial charge in [-0.05, 0) is 24.5 Å². The highest BCUT2D eigenvalue weighted by atomic mass is 79.9. The highest BCUT2D eigenvalue weighted by molar-refractivity contribution is 9.10. The lowest BCUT2D eigenvalue weighted by Crippen LogP contribution is -2.17. The summed E-state index contributed by atoms with van der Waals surface area (Å²) in [4.78, 5) is 11.7. The predicted octanol–water partition coefficient (Wildman–Crippen LogP) is 3.92.